The molecule has 45 heteroatoms. The van der Waals surface area contributed by atoms with E-state index in [-0.39, 0.29) is 122 Å². The van der Waals surface area contributed by atoms with Crippen LogP contribution in [-0.4, -0.2) is 192 Å². The van der Waals surface area contributed by atoms with Gasteiger partial charge in [0.05, 0.1) is 74.9 Å². The van der Waals surface area contributed by atoms with Crippen molar-refractivity contribution in [2.45, 2.75) is 104 Å². The van der Waals surface area contributed by atoms with Crippen LogP contribution in [0.3, 0.4) is 0 Å². The third kappa shape index (κ3) is 26.1. The molecule has 3 aliphatic heterocycles. The number of carboxylic acids is 1. The molecule has 36 nitrogen and oxygen atoms in total. The fourth-order valence-corrected chi connectivity index (χ4v) is 16.7. The van der Waals surface area contributed by atoms with E-state index in [4.69, 9.17) is 80.0 Å². The lowest BCUT2D eigenvalue weighted by Crippen LogP contribution is -2.54. The van der Waals surface area contributed by atoms with Crippen LogP contribution in [0.4, 0.5) is 15.3 Å². The highest BCUT2D eigenvalue weighted by Crippen LogP contribution is 2.66. The number of fused-ring (bicyclic) bond motifs is 2. The highest BCUT2D eigenvalue weighted by Gasteiger charge is 2.46. The third-order valence-corrected chi connectivity index (χ3v) is 23.3. The van der Waals surface area contributed by atoms with Crippen LogP contribution < -0.4 is 32.9 Å². The van der Waals surface area contributed by atoms with Crippen molar-refractivity contribution in [3.05, 3.63) is 70.7 Å². The number of hydrogen-bond donors (Lipinski definition) is 12. The minimum absolute atomic E-state index is 0.0134. The summed E-state index contributed by atoms with van der Waals surface area (Å²) in [6.07, 6.45) is -0.154. The van der Waals surface area contributed by atoms with E-state index in [1.54, 1.807) is 17.0 Å². The number of phosphoric acid groups is 3. The molecule has 6 rings (SSSR count). The van der Waals surface area contributed by atoms with E-state index in [9.17, 15) is 78.5 Å². The van der Waals surface area contributed by atoms with Crippen molar-refractivity contribution in [1.82, 2.24) is 15.5 Å². The van der Waals surface area contributed by atoms with Crippen LogP contribution in [0.5, 0.6) is 0 Å². The van der Waals surface area contributed by atoms with Gasteiger partial charge in [-0.15, -0.1) is 0 Å². The van der Waals surface area contributed by atoms with Gasteiger partial charge in [0.1, 0.15) is 24.4 Å². The van der Waals surface area contributed by atoms with Crippen molar-refractivity contribution in [2.24, 2.45) is 5.73 Å². The summed E-state index contributed by atoms with van der Waals surface area (Å²) in [5.74, 6) is 2.88. The van der Waals surface area contributed by atoms with Crippen LogP contribution in [0, 0.1) is 11.8 Å². The number of carboxylic acid groups (broad SMARTS) is 1. The number of urea groups is 1. The standard InChI is InChI=1S/C55H73N6O30P3S6/c1-55(2,97-96-31-83-20-6-7-22-84-45(63)11-5-4-9-34-29-61(53(66)60-51(34)58)44-28-42(86-32-98(3)95)43(88-44)30-87-93(71,72)91-94(73,74)90-92(68,69)70)18-23-85-54(67)59-19-24-82-26-25-81-21-8-10-41(62)33-12-13-35(52(64)65)38(27-33)46-36-14-16-39(56)49(99(75,76)77)47(36)89-48-37(46)15-17-40(57)50(48)100(78,79)80/h12-17,27,29,42-44,51,56H,5-8,10-11,18-26,28,30-32,57-58H2,1-3H3,(H,59,67)(H,60,66)(H,64,65)(H,71,72)(H,73,74)(H2,68,69,70)(H,75,76,77)(H,78,79,80)/p+1/t42-,43+,44+,51?,98?/m0/s1. The number of amides is 3. The second-order valence-corrected chi connectivity index (χ2v) is 35.2. The number of hydrogen-bond acceptors (Lipinski definition) is 28. The van der Waals surface area contributed by atoms with Gasteiger partial charge in [-0.25, -0.2) is 28.1 Å². The van der Waals surface area contributed by atoms with Gasteiger partial charge in [-0.2, -0.15) is 25.5 Å². The number of Topliss-reactive ketones (excluding diaryl/α,β-unsaturated/α-hetero) is 1. The first-order valence-electron chi connectivity index (χ1n) is 29.5. The zero-order valence-electron chi connectivity index (χ0n) is 53.4. The predicted molar refractivity (Wildman–Crippen MR) is 361 cm³/mol. The van der Waals surface area contributed by atoms with Crippen LogP contribution in [-0.2, 0) is 106 Å². The Morgan fingerprint density at radius 2 is 1.57 bits per heavy atom. The number of phosphoric ester groups is 1. The average Bonchev–Trinajstić information content (AvgIpc) is 0.795. The maximum atomic E-state index is 13.5. The topological polar surface area (TPSA) is 557 Å². The highest BCUT2D eigenvalue weighted by molar-refractivity contribution is 8.77. The number of alkyl carbamates (subject to hydrolysis) is 1. The van der Waals surface area contributed by atoms with E-state index in [1.807, 2.05) is 13.8 Å². The second-order valence-electron chi connectivity index (χ2n) is 22.1. The number of carbonyl (C=O) groups is 5. The molecule has 3 heterocycles. The molecule has 4 aliphatic rings. The number of benzene rings is 3. The molecule has 1 saturated heterocycles. The smallest absolute Gasteiger partial charge is 0.478 e. The fraction of sp³-hybridized carbons (Fsp3) is 0.491. The quantitative estimate of drug-likeness (QED) is 0.00289. The molecule has 2 aromatic rings. The second kappa shape index (κ2) is 37.4. The summed E-state index contributed by atoms with van der Waals surface area (Å²) >= 11 is 5.17. The number of nitrogens with zero attached hydrogens (tertiary/aromatic N) is 1. The largest absolute Gasteiger partial charge is 0.490 e. The van der Waals surface area contributed by atoms with E-state index in [0.29, 0.717) is 31.8 Å². The number of carbonyl (C=O) groups excluding carboxylic acids is 4. The lowest BCUT2D eigenvalue weighted by molar-refractivity contribution is -0.176. The number of esters is 1. The first-order valence-corrected chi connectivity index (χ1v) is 42.0. The van der Waals surface area contributed by atoms with Gasteiger partial charge in [-0.05, 0) is 92.9 Å². The van der Waals surface area contributed by atoms with Crippen LogP contribution >= 0.6 is 45.1 Å². The first kappa shape index (κ1) is 83.6. The number of rotatable bonds is 40. The summed E-state index contributed by atoms with van der Waals surface area (Å²) in [6, 6.07) is 7.57. The minimum Gasteiger partial charge on any atom is -0.478 e. The van der Waals surface area contributed by atoms with Gasteiger partial charge in [0.25, 0.3) is 10.1 Å². The average molecular weight is 1580 g/mol. The number of aromatic carboxylic acids is 1. The number of nitrogens with two attached hydrogens (primary N) is 3. The SMILES string of the molecule is CS(=S)CO[C@H]1C[C@H](N2C=C(C#CCCC(=O)OCCCCOCSSC(C)(C)CCOC(=O)NCCOCCOCCCC(=O)c3ccc(C(=O)O)c(-c4c5ccc(=[NH2+])c(S(=O)(=O)O)c-5oc5c(S(=O)(=O)O)c(N)ccc45)c3)C(N)NC2=O)O[C@@H]1COP(=O)(O)OP(=O)(O)OP(=O)(O)O. The molecule has 0 aromatic heterocycles. The Morgan fingerprint density at radius 3 is 2.25 bits per heavy atom. The molecule has 4 unspecified atom stereocenters. The number of ether oxygens (including phenoxy) is 7. The summed E-state index contributed by atoms with van der Waals surface area (Å²) in [6.45, 7) is 4.51. The fourth-order valence-electron chi connectivity index (χ4n) is 9.36. The molecule has 7 atom stereocenters. The van der Waals surface area contributed by atoms with Crippen molar-refractivity contribution in [3.8, 4) is 34.3 Å². The molecule has 15 N–H and O–H groups in total. The zero-order chi connectivity index (χ0) is 74.0. The zero-order valence-corrected chi connectivity index (χ0v) is 60.9. The molecule has 554 valence electrons. The van der Waals surface area contributed by atoms with E-state index in [0.717, 1.165) is 23.1 Å². The lowest BCUT2D eigenvalue weighted by Gasteiger charge is -2.32. The molecule has 1 aliphatic carbocycles. The van der Waals surface area contributed by atoms with Crippen molar-refractivity contribution in [2.75, 3.05) is 83.3 Å². The molecule has 1 fully saturated rings. The Kier molecular flexibility index (Phi) is 31.2. The van der Waals surface area contributed by atoms with Gasteiger partial charge in [0.15, 0.2) is 22.0 Å². The lowest BCUT2D eigenvalue weighted by atomic mass is 9.88. The van der Waals surface area contributed by atoms with Gasteiger partial charge in [-0.3, -0.25) is 33.5 Å². The van der Waals surface area contributed by atoms with E-state index in [2.05, 4.69) is 31.1 Å². The van der Waals surface area contributed by atoms with Crippen LogP contribution in [0.1, 0.15) is 85.9 Å². The Bertz CT molecular complexity index is 4190. The summed E-state index contributed by atoms with van der Waals surface area (Å²) in [5, 5.41) is 20.6. The minimum atomic E-state index is -5.79. The maximum absolute atomic E-state index is 13.5. The van der Waals surface area contributed by atoms with Crippen LogP contribution in [0.25, 0.3) is 33.4 Å². The number of nitrogens with one attached hydrogen (secondary N) is 2. The van der Waals surface area contributed by atoms with Crippen molar-refractivity contribution < 1.29 is 144 Å². The molecular formula is C55H74N6O30P3S6+. The maximum Gasteiger partial charge on any atom is 0.490 e. The first-order chi connectivity index (χ1) is 46.8. The molecule has 0 spiro atoms. The van der Waals surface area contributed by atoms with Gasteiger partial charge in [-0.1, -0.05) is 48.9 Å². The molecule has 2 aromatic carbocycles. The molecule has 100 heavy (non-hydrogen) atoms. The molecule has 0 bridgehead atoms. The summed E-state index contributed by atoms with van der Waals surface area (Å²) < 4.78 is 163. The third-order valence-electron chi connectivity index (χ3n) is 13.8. The van der Waals surface area contributed by atoms with E-state index < -0.39 is 152 Å². The van der Waals surface area contributed by atoms with Crippen molar-refractivity contribution >= 4 is 132 Å². The Labute approximate surface area is 587 Å². The molecule has 0 radical (unpaired) electrons. The number of anilines is 1. The van der Waals surface area contributed by atoms with Gasteiger partial charge in [0, 0.05) is 78.1 Å². The van der Waals surface area contributed by atoms with E-state index in [1.165, 1.54) is 41.3 Å². The number of nitrogen functional groups attached to an aromatic ring is 1. The summed E-state index contributed by atoms with van der Waals surface area (Å²) in [7, 11) is -25.0. The molecule has 0 saturated carbocycles. The van der Waals surface area contributed by atoms with E-state index >= 15 is 0 Å². The highest BCUT2D eigenvalue weighted by atomic mass is 33.1. The number of unbranched alkanes of at least 4 members (excludes halogenated alkanes) is 1. The van der Waals surface area contributed by atoms with Gasteiger partial charge in [0.2, 0.25) is 10.3 Å². The van der Waals surface area contributed by atoms with Gasteiger partial charge >= 0.3 is 57.6 Å². The monoisotopic (exact) mass is 1580 g/mol. The summed E-state index contributed by atoms with van der Waals surface area (Å²) in [4.78, 5) is 100. The van der Waals surface area contributed by atoms with Crippen LogP contribution in [0.2, 0.25) is 0 Å². The molecular weight excluding hydrogens is 1510 g/mol. The number of ketones is 1. The Balaban J connectivity index is 0.808. The normalized spacial score (nSPS) is 18.3. The van der Waals surface area contributed by atoms with Crippen molar-refractivity contribution in [1.29, 1.82) is 0 Å². The Hall–Kier alpha value is -5.36. The van der Waals surface area contributed by atoms with Crippen molar-refractivity contribution in [3.63, 3.8) is 0 Å². The predicted octanol–water partition coefficient (Wildman–Crippen LogP) is 3.70. The van der Waals surface area contributed by atoms with Crippen LogP contribution in [0.15, 0.2) is 68.4 Å². The van der Waals surface area contributed by atoms with Gasteiger partial charge < -0.3 is 84.4 Å². The molecule has 3 amide bonds. The Morgan fingerprint density at radius 1 is 0.880 bits per heavy atom. The summed E-state index contributed by atoms with van der Waals surface area (Å²) in [5.41, 5.74) is 10.1.